The zero-order valence-electron chi connectivity index (χ0n) is 10.8. The number of carbonyl (C=O) groups excluding carboxylic acids is 1. The van der Waals surface area contributed by atoms with Crippen molar-refractivity contribution in [3.8, 4) is 0 Å². The molecule has 1 rings (SSSR count). The van der Waals surface area contributed by atoms with E-state index in [9.17, 15) is 13.4 Å². The van der Waals surface area contributed by atoms with E-state index in [1.54, 1.807) is 0 Å². The highest BCUT2D eigenvalue weighted by Crippen LogP contribution is 2.17. The van der Waals surface area contributed by atoms with E-state index in [0.29, 0.717) is 13.2 Å². The highest BCUT2D eigenvalue weighted by Gasteiger charge is 2.21. The molecule has 2 atom stereocenters. The van der Waals surface area contributed by atoms with E-state index in [2.05, 4.69) is 5.32 Å². The maximum atomic E-state index is 13.2. The van der Waals surface area contributed by atoms with Crippen molar-refractivity contribution in [3.05, 3.63) is 24.0 Å². The average molecular weight is 288 g/mol. The molecule has 0 aliphatic carbocycles. The van der Waals surface area contributed by atoms with Gasteiger partial charge in [-0.2, -0.15) is 0 Å². The third kappa shape index (κ3) is 4.60. The number of hydrogen-bond acceptors (Lipinski definition) is 4. The first-order chi connectivity index (χ1) is 8.95. The lowest BCUT2D eigenvalue weighted by Gasteiger charge is -2.12. The number of halogens is 1. The van der Waals surface area contributed by atoms with Gasteiger partial charge in [0.25, 0.3) is 0 Å². The average Bonchev–Trinajstić information content (AvgIpc) is 2.36. The maximum Gasteiger partial charge on any atom is 0.235 e. The molecular weight excluding hydrogens is 271 g/mol. The summed E-state index contributed by atoms with van der Waals surface area (Å²) in [5.74, 6) is -0.950. The molecule has 1 aromatic rings. The monoisotopic (exact) mass is 288 g/mol. The predicted octanol–water partition coefficient (Wildman–Crippen LogP) is 0.667. The highest BCUT2D eigenvalue weighted by atomic mass is 32.2. The van der Waals surface area contributed by atoms with Crippen molar-refractivity contribution in [2.75, 3.05) is 26.0 Å². The van der Waals surface area contributed by atoms with Crippen molar-refractivity contribution >= 4 is 22.4 Å². The smallest absolute Gasteiger partial charge is 0.235 e. The molecule has 0 bridgehead atoms. The van der Waals surface area contributed by atoms with Gasteiger partial charge in [0.1, 0.15) is 11.1 Å². The molecule has 0 fully saturated rings. The molecule has 0 heterocycles. The number of ether oxygens (including phenoxy) is 1. The van der Waals surface area contributed by atoms with E-state index in [0.717, 1.165) is 12.1 Å². The second kappa shape index (κ2) is 7.20. The molecule has 1 aromatic carbocycles. The number of methoxy groups -OCH3 is 1. The summed E-state index contributed by atoms with van der Waals surface area (Å²) in [5, 5.41) is 1.79. The van der Waals surface area contributed by atoms with Crippen molar-refractivity contribution in [2.24, 2.45) is 0 Å². The summed E-state index contributed by atoms with van der Waals surface area (Å²) >= 11 is 0. The van der Waals surface area contributed by atoms with E-state index < -0.39 is 21.9 Å². The fraction of sp³-hybridized carbons (Fsp3) is 0.417. The van der Waals surface area contributed by atoms with Gasteiger partial charge in [0, 0.05) is 24.2 Å². The van der Waals surface area contributed by atoms with E-state index >= 15 is 0 Å². The highest BCUT2D eigenvalue weighted by molar-refractivity contribution is 7.86. The van der Waals surface area contributed by atoms with Gasteiger partial charge in [0.2, 0.25) is 5.91 Å². The summed E-state index contributed by atoms with van der Waals surface area (Å²) < 4.78 is 30.1. The van der Waals surface area contributed by atoms with Crippen molar-refractivity contribution in [3.63, 3.8) is 0 Å². The summed E-state index contributed by atoms with van der Waals surface area (Å²) in [6, 6.07) is 3.65. The summed E-state index contributed by atoms with van der Waals surface area (Å²) in [6.45, 7) is 2.22. The molecule has 106 valence electrons. The van der Waals surface area contributed by atoms with Gasteiger partial charge in [-0.1, -0.05) is 0 Å². The number of hydrogen-bond donors (Lipinski definition) is 2. The van der Waals surface area contributed by atoms with Crippen LogP contribution in [-0.2, 0) is 20.3 Å². The number of benzene rings is 1. The molecule has 0 aliphatic rings. The van der Waals surface area contributed by atoms with Crippen molar-refractivity contribution in [1.82, 2.24) is 5.32 Å². The molecule has 5 nitrogen and oxygen atoms in total. The van der Waals surface area contributed by atoms with Crippen LogP contribution in [0, 0.1) is 5.82 Å². The Morgan fingerprint density at radius 1 is 1.53 bits per heavy atom. The van der Waals surface area contributed by atoms with Gasteiger partial charge in [0.15, 0.2) is 0 Å². The summed E-state index contributed by atoms with van der Waals surface area (Å²) in [4.78, 5) is 11.9. The van der Waals surface area contributed by atoms with Crippen LogP contribution >= 0.6 is 0 Å². The molecule has 7 heteroatoms. The molecule has 0 saturated carbocycles. The SMILES string of the molecule is COCCNC(=O)C(C)S(=O)c1cc(N)cc(F)c1. The van der Waals surface area contributed by atoms with E-state index in [1.807, 2.05) is 0 Å². The van der Waals surface area contributed by atoms with Crippen LogP contribution in [0.15, 0.2) is 23.1 Å². The largest absolute Gasteiger partial charge is 0.399 e. The Kier molecular flexibility index (Phi) is 5.91. The number of carbonyl (C=O) groups is 1. The first-order valence-electron chi connectivity index (χ1n) is 5.69. The van der Waals surface area contributed by atoms with Gasteiger partial charge in [-0.05, 0) is 25.1 Å². The van der Waals surface area contributed by atoms with Crippen LogP contribution in [0.2, 0.25) is 0 Å². The van der Waals surface area contributed by atoms with Crippen LogP contribution in [0.5, 0.6) is 0 Å². The normalized spacial score (nSPS) is 13.8. The second-order valence-corrected chi connectivity index (χ2v) is 5.72. The van der Waals surface area contributed by atoms with Crippen LogP contribution in [0.3, 0.4) is 0 Å². The van der Waals surface area contributed by atoms with Crippen LogP contribution in [0.4, 0.5) is 10.1 Å². The molecule has 0 aromatic heterocycles. The van der Waals surface area contributed by atoms with Gasteiger partial charge in [-0.3, -0.25) is 9.00 Å². The van der Waals surface area contributed by atoms with E-state index in [4.69, 9.17) is 10.5 Å². The molecule has 2 unspecified atom stereocenters. The first-order valence-corrected chi connectivity index (χ1v) is 6.90. The lowest BCUT2D eigenvalue weighted by molar-refractivity contribution is -0.120. The molecule has 1 amide bonds. The van der Waals surface area contributed by atoms with Crippen LogP contribution in [-0.4, -0.2) is 35.6 Å². The van der Waals surface area contributed by atoms with E-state index in [1.165, 1.54) is 20.1 Å². The summed E-state index contributed by atoms with van der Waals surface area (Å²) in [7, 11) is -0.140. The minimum atomic E-state index is -1.66. The maximum absolute atomic E-state index is 13.2. The number of nitrogen functional groups attached to an aromatic ring is 1. The Labute approximate surface area is 113 Å². The van der Waals surface area contributed by atoms with Crippen LogP contribution < -0.4 is 11.1 Å². The fourth-order valence-electron chi connectivity index (χ4n) is 1.42. The molecule has 0 radical (unpaired) electrons. The topological polar surface area (TPSA) is 81.4 Å². The second-order valence-electron chi connectivity index (χ2n) is 3.94. The molecule has 0 spiro atoms. The molecular formula is C12H17FN2O3S. The van der Waals surface area contributed by atoms with Crippen LogP contribution in [0.25, 0.3) is 0 Å². The Morgan fingerprint density at radius 2 is 2.21 bits per heavy atom. The summed E-state index contributed by atoms with van der Waals surface area (Å²) in [5.41, 5.74) is 5.66. The van der Waals surface area contributed by atoms with Crippen molar-refractivity contribution in [2.45, 2.75) is 17.1 Å². The first kappa shape index (κ1) is 15.6. The molecule has 3 N–H and O–H groups in total. The number of anilines is 1. The molecule has 19 heavy (non-hydrogen) atoms. The van der Waals surface area contributed by atoms with Gasteiger partial charge in [-0.15, -0.1) is 0 Å². The Morgan fingerprint density at radius 3 is 2.79 bits per heavy atom. The zero-order valence-corrected chi connectivity index (χ0v) is 11.6. The molecule has 0 aliphatic heterocycles. The number of nitrogens with one attached hydrogen (secondary N) is 1. The standard InChI is InChI=1S/C12H17FN2O3S/c1-8(12(16)15-3-4-18-2)19(17)11-6-9(13)5-10(14)7-11/h5-8H,3-4,14H2,1-2H3,(H,15,16). The van der Waals surface area contributed by atoms with Crippen molar-refractivity contribution in [1.29, 1.82) is 0 Å². The fourth-order valence-corrected chi connectivity index (χ4v) is 2.59. The summed E-state index contributed by atoms with van der Waals surface area (Å²) in [6.07, 6.45) is 0. The van der Waals surface area contributed by atoms with E-state index in [-0.39, 0.29) is 16.5 Å². The van der Waals surface area contributed by atoms with Gasteiger partial charge in [0.05, 0.1) is 17.4 Å². The number of rotatable bonds is 6. The lowest BCUT2D eigenvalue weighted by Crippen LogP contribution is -2.37. The van der Waals surface area contributed by atoms with Gasteiger partial charge >= 0.3 is 0 Å². The van der Waals surface area contributed by atoms with Crippen molar-refractivity contribution < 1.29 is 18.1 Å². The Balaban J connectivity index is 2.73. The molecule has 0 saturated heterocycles. The lowest BCUT2D eigenvalue weighted by atomic mass is 10.3. The number of amides is 1. The van der Waals surface area contributed by atoms with Gasteiger partial charge < -0.3 is 15.8 Å². The van der Waals surface area contributed by atoms with Gasteiger partial charge in [-0.25, -0.2) is 4.39 Å². The third-order valence-electron chi connectivity index (χ3n) is 2.42. The predicted molar refractivity (Wildman–Crippen MR) is 71.6 cm³/mol. The number of nitrogens with two attached hydrogens (primary N) is 1. The Bertz CT molecular complexity index is 462. The quantitative estimate of drug-likeness (QED) is 0.595. The zero-order chi connectivity index (χ0) is 14.4. The Hall–Kier alpha value is -1.47. The minimum absolute atomic E-state index is 0.176. The minimum Gasteiger partial charge on any atom is -0.399 e. The van der Waals surface area contributed by atoms with Crippen LogP contribution in [0.1, 0.15) is 6.92 Å². The third-order valence-corrected chi connectivity index (χ3v) is 3.98.